The predicted octanol–water partition coefficient (Wildman–Crippen LogP) is 3.53. The summed E-state index contributed by atoms with van der Waals surface area (Å²) in [7, 11) is 1.74. The van der Waals surface area contributed by atoms with E-state index < -0.39 is 10.5 Å². The van der Waals surface area contributed by atoms with Crippen molar-refractivity contribution in [1.82, 2.24) is 14.7 Å². The first-order valence-corrected chi connectivity index (χ1v) is 13.2. The maximum atomic E-state index is 14.0. The Labute approximate surface area is 232 Å². The lowest BCUT2D eigenvalue weighted by Crippen LogP contribution is -2.57. The van der Waals surface area contributed by atoms with Gasteiger partial charge in [-0.2, -0.15) is 0 Å². The van der Waals surface area contributed by atoms with Crippen molar-refractivity contribution in [3.8, 4) is 0 Å². The molecule has 0 N–H and O–H groups in total. The molecular formula is C30H31N5O5. The fourth-order valence-electron chi connectivity index (χ4n) is 5.54. The molecule has 206 valence electrons. The Balaban J connectivity index is 1.31. The van der Waals surface area contributed by atoms with E-state index in [0.29, 0.717) is 38.0 Å². The normalized spacial score (nSPS) is 16.3. The van der Waals surface area contributed by atoms with Crippen LogP contribution in [0, 0.1) is 10.1 Å². The maximum Gasteiger partial charge on any atom is 0.269 e. The summed E-state index contributed by atoms with van der Waals surface area (Å²) in [6.07, 6.45) is 0.813. The number of likely N-dealkylation sites (tertiary alicyclic amines) is 1. The predicted molar refractivity (Wildman–Crippen MR) is 149 cm³/mol. The zero-order valence-corrected chi connectivity index (χ0v) is 22.3. The molecule has 2 fully saturated rings. The molecule has 0 aliphatic carbocycles. The number of anilines is 1. The summed E-state index contributed by atoms with van der Waals surface area (Å²) in [6.45, 7) is 1.40. The van der Waals surface area contributed by atoms with E-state index in [9.17, 15) is 24.5 Å². The van der Waals surface area contributed by atoms with Crippen LogP contribution >= 0.6 is 0 Å². The smallest absolute Gasteiger partial charge is 0.269 e. The molecule has 3 amide bonds. The molecule has 2 aliphatic heterocycles. The van der Waals surface area contributed by atoms with Gasteiger partial charge in [0.25, 0.3) is 17.5 Å². The summed E-state index contributed by atoms with van der Waals surface area (Å²) < 4.78 is 0. The van der Waals surface area contributed by atoms with E-state index in [1.807, 2.05) is 60.7 Å². The fourth-order valence-corrected chi connectivity index (χ4v) is 5.54. The number of likely N-dealkylation sites (N-methyl/N-ethyl adjacent to an activating group) is 1. The lowest BCUT2D eigenvalue weighted by molar-refractivity contribution is -0.384. The topological polar surface area (TPSA) is 107 Å². The molecule has 0 atom stereocenters. The summed E-state index contributed by atoms with van der Waals surface area (Å²) in [5.41, 5.74) is 1.32. The molecular weight excluding hydrogens is 510 g/mol. The SMILES string of the molecule is CN(Cc1ccccc1)C(=O)CN1CN(c2ccccc2)C2(CCN(C(=O)c3ccc([N+](=O)[O-])cc3)CC2)C1=O. The fraction of sp³-hybridized carbons (Fsp3) is 0.300. The lowest BCUT2D eigenvalue weighted by atomic mass is 9.85. The van der Waals surface area contributed by atoms with Gasteiger partial charge in [-0.1, -0.05) is 48.5 Å². The van der Waals surface area contributed by atoms with Crippen molar-refractivity contribution in [2.24, 2.45) is 0 Å². The van der Waals surface area contributed by atoms with Gasteiger partial charge in [0.15, 0.2) is 0 Å². The van der Waals surface area contributed by atoms with Gasteiger partial charge >= 0.3 is 0 Å². The molecule has 40 heavy (non-hydrogen) atoms. The minimum atomic E-state index is -0.869. The highest BCUT2D eigenvalue weighted by Gasteiger charge is 2.54. The van der Waals surface area contributed by atoms with Crippen LogP contribution in [0.4, 0.5) is 11.4 Å². The number of non-ortho nitro benzene ring substituents is 1. The molecule has 3 aromatic rings. The molecule has 5 rings (SSSR count). The van der Waals surface area contributed by atoms with Crippen LogP contribution in [0.15, 0.2) is 84.9 Å². The van der Waals surface area contributed by atoms with Gasteiger partial charge in [0.2, 0.25) is 5.91 Å². The van der Waals surface area contributed by atoms with Crippen molar-refractivity contribution in [2.45, 2.75) is 24.9 Å². The van der Waals surface area contributed by atoms with E-state index in [1.54, 1.807) is 21.7 Å². The number of amides is 3. The van der Waals surface area contributed by atoms with Crippen molar-refractivity contribution in [3.05, 3.63) is 106 Å². The number of hydrogen-bond acceptors (Lipinski definition) is 6. The number of rotatable bonds is 7. The Morgan fingerprint density at radius 2 is 1.52 bits per heavy atom. The minimum absolute atomic E-state index is 0.0291. The third-order valence-corrected chi connectivity index (χ3v) is 7.80. The van der Waals surface area contributed by atoms with Gasteiger partial charge in [0, 0.05) is 50.1 Å². The quantitative estimate of drug-likeness (QED) is 0.335. The largest absolute Gasteiger partial charge is 0.340 e. The van der Waals surface area contributed by atoms with Gasteiger partial charge < -0.3 is 19.6 Å². The first-order valence-electron chi connectivity index (χ1n) is 13.2. The molecule has 0 bridgehead atoms. The standard InChI is InChI=1S/C30H31N5O5/c1-31(20-23-8-4-2-5-9-23)27(36)21-33-22-34(25-10-6-3-7-11-25)30(29(33)38)16-18-32(19-17-30)28(37)24-12-14-26(15-13-24)35(39)40/h2-15H,16-22H2,1H3. The van der Waals surface area contributed by atoms with Crippen molar-refractivity contribution < 1.29 is 19.3 Å². The number of carbonyl (C=O) groups excluding carboxylic acids is 3. The number of nitro groups is 1. The first kappa shape index (κ1) is 26.9. The zero-order valence-electron chi connectivity index (χ0n) is 22.3. The van der Waals surface area contributed by atoms with Crippen LogP contribution in [0.25, 0.3) is 0 Å². The summed E-state index contributed by atoms with van der Waals surface area (Å²) in [6, 6.07) is 24.9. The Kier molecular flexibility index (Phi) is 7.50. The highest BCUT2D eigenvalue weighted by atomic mass is 16.6. The molecule has 0 radical (unpaired) electrons. The molecule has 0 unspecified atom stereocenters. The van der Waals surface area contributed by atoms with E-state index in [4.69, 9.17) is 0 Å². The van der Waals surface area contributed by atoms with E-state index in [0.717, 1.165) is 11.3 Å². The highest BCUT2D eigenvalue weighted by molar-refractivity contribution is 5.97. The Morgan fingerprint density at radius 3 is 2.12 bits per heavy atom. The van der Waals surface area contributed by atoms with E-state index in [1.165, 1.54) is 24.3 Å². The molecule has 2 heterocycles. The van der Waals surface area contributed by atoms with Crippen LogP contribution in [0.5, 0.6) is 0 Å². The number of nitrogens with zero attached hydrogens (tertiary/aromatic N) is 5. The second-order valence-corrected chi connectivity index (χ2v) is 10.3. The van der Waals surface area contributed by atoms with Gasteiger partial charge in [0.05, 0.1) is 11.6 Å². The third-order valence-electron chi connectivity index (χ3n) is 7.80. The summed E-state index contributed by atoms with van der Waals surface area (Å²) >= 11 is 0. The number of hydrogen-bond donors (Lipinski definition) is 0. The van der Waals surface area contributed by atoms with Gasteiger partial charge in [-0.3, -0.25) is 24.5 Å². The Bertz CT molecular complexity index is 1390. The number of piperidine rings is 1. The number of nitro benzene ring substituents is 1. The van der Waals surface area contributed by atoms with E-state index in [2.05, 4.69) is 4.90 Å². The average Bonchev–Trinajstić information content (AvgIpc) is 3.24. The van der Waals surface area contributed by atoms with Crippen LogP contribution in [-0.4, -0.2) is 76.2 Å². The summed E-state index contributed by atoms with van der Waals surface area (Å²) in [5.74, 6) is -0.482. The monoisotopic (exact) mass is 541 g/mol. The third kappa shape index (κ3) is 5.25. The molecule has 1 spiro atoms. The van der Waals surface area contributed by atoms with Crippen molar-refractivity contribution in [1.29, 1.82) is 0 Å². The number of benzene rings is 3. The van der Waals surface area contributed by atoms with Crippen molar-refractivity contribution in [3.63, 3.8) is 0 Å². The molecule has 0 saturated carbocycles. The zero-order chi connectivity index (χ0) is 28.3. The second kappa shape index (κ2) is 11.2. The molecule has 2 aliphatic rings. The van der Waals surface area contributed by atoms with Gasteiger partial charge in [-0.25, -0.2) is 0 Å². The maximum absolute atomic E-state index is 14.0. The van der Waals surface area contributed by atoms with Crippen molar-refractivity contribution >= 4 is 29.1 Å². The molecule has 10 heteroatoms. The van der Waals surface area contributed by atoms with Crippen LogP contribution < -0.4 is 4.90 Å². The average molecular weight is 542 g/mol. The van der Waals surface area contributed by atoms with Gasteiger partial charge in [-0.05, 0) is 42.7 Å². The summed E-state index contributed by atoms with van der Waals surface area (Å²) in [5, 5.41) is 11.0. The molecule has 0 aromatic heterocycles. The van der Waals surface area contributed by atoms with Crippen LogP contribution in [0.1, 0.15) is 28.8 Å². The van der Waals surface area contributed by atoms with Gasteiger partial charge in [-0.15, -0.1) is 0 Å². The van der Waals surface area contributed by atoms with Crippen LogP contribution in [0.2, 0.25) is 0 Å². The lowest BCUT2D eigenvalue weighted by Gasteiger charge is -2.43. The number of para-hydroxylation sites is 1. The van der Waals surface area contributed by atoms with E-state index in [-0.39, 0.29) is 36.6 Å². The second-order valence-electron chi connectivity index (χ2n) is 10.3. The van der Waals surface area contributed by atoms with Crippen LogP contribution in [-0.2, 0) is 16.1 Å². The van der Waals surface area contributed by atoms with Gasteiger partial charge in [0.1, 0.15) is 12.1 Å². The Morgan fingerprint density at radius 1 is 0.925 bits per heavy atom. The highest BCUT2D eigenvalue weighted by Crippen LogP contribution is 2.39. The Hall–Kier alpha value is -4.73. The summed E-state index contributed by atoms with van der Waals surface area (Å²) in [4.78, 5) is 57.7. The van der Waals surface area contributed by atoms with Crippen LogP contribution in [0.3, 0.4) is 0 Å². The molecule has 10 nitrogen and oxygen atoms in total. The molecule has 2 saturated heterocycles. The molecule has 3 aromatic carbocycles. The first-order chi connectivity index (χ1) is 19.3. The van der Waals surface area contributed by atoms with E-state index >= 15 is 0 Å². The van der Waals surface area contributed by atoms with Crippen molar-refractivity contribution in [2.75, 3.05) is 38.3 Å². The minimum Gasteiger partial charge on any atom is -0.340 e. The number of carbonyl (C=O) groups is 3.